The van der Waals surface area contributed by atoms with Crippen LogP contribution < -0.4 is 11.3 Å². The average molecular weight is 272 g/mol. The smallest absolute Gasteiger partial charge is 0.0783 e. The zero-order chi connectivity index (χ0) is 13.2. The number of ether oxygens (including phenoxy) is 1. The predicted octanol–water partition coefficient (Wildman–Crippen LogP) is 2.56. The van der Waals surface area contributed by atoms with Crippen LogP contribution in [-0.4, -0.2) is 29.8 Å². The van der Waals surface area contributed by atoms with E-state index in [4.69, 9.17) is 10.6 Å². The summed E-state index contributed by atoms with van der Waals surface area (Å²) >= 11 is 2.04. The number of thioether (sulfide) groups is 1. The van der Waals surface area contributed by atoms with Gasteiger partial charge in [0.1, 0.15) is 0 Å². The summed E-state index contributed by atoms with van der Waals surface area (Å²) in [7, 11) is 0. The molecule has 0 aliphatic carbocycles. The normalized spacial score (nSPS) is 35.0. The Labute approximate surface area is 116 Å². The maximum Gasteiger partial charge on any atom is 0.0783 e. The van der Waals surface area contributed by atoms with Crippen LogP contribution in [0.3, 0.4) is 0 Å². The van der Waals surface area contributed by atoms with Crippen molar-refractivity contribution in [2.45, 2.75) is 58.1 Å². The molecule has 2 aliphatic rings. The monoisotopic (exact) mass is 272 g/mol. The minimum absolute atomic E-state index is 0.167. The van der Waals surface area contributed by atoms with Crippen molar-refractivity contribution in [3.05, 3.63) is 0 Å². The Morgan fingerprint density at radius 3 is 2.83 bits per heavy atom. The molecule has 2 rings (SSSR count). The molecule has 0 radical (unpaired) electrons. The predicted molar refractivity (Wildman–Crippen MR) is 78.5 cm³/mol. The summed E-state index contributed by atoms with van der Waals surface area (Å²) in [6.07, 6.45) is 4.70. The van der Waals surface area contributed by atoms with Crippen molar-refractivity contribution < 1.29 is 4.74 Å². The maximum absolute atomic E-state index is 6.09. The summed E-state index contributed by atoms with van der Waals surface area (Å²) in [5.74, 6) is 8.90. The third kappa shape index (κ3) is 3.62. The standard InChI is InChI=1S/C14H28N2OS/c1-13(2,3)9-12(16-15)11-4-6-17-14(8-11)5-7-18-10-14/h11-12,16H,4-10,15H2,1-3H3. The lowest BCUT2D eigenvalue weighted by Gasteiger charge is -2.42. The highest BCUT2D eigenvalue weighted by Crippen LogP contribution is 2.42. The van der Waals surface area contributed by atoms with Crippen LogP contribution in [-0.2, 0) is 4.74 Å². The van der Waals surface area contributed by atoms with E-state index in [9.17, 15) is 0 Å². The van der Waals surface area contributed by atoms with Crippen molar-refractivity contribution in [3.63, 3.8) is 0 Å². The first-order chi connectivity index (χ1) is 8.44. The van der Waals surface area contributed by atoms with Crippen molar-refractivity contribution in [2.75, 3.05) is 18.1 Å². The molecule has 4 heteroatoms. The minimum atomic E-state index is 0.167. The van der Waals surface area contributed by atoms with Crippen LogP contribution in [0.4, 0.5) is 0 Å². The second-order valence-electron chi connectivity index (χ2n) is 7.12. The molecule has 0 bridgehead atoms. The van der Waals surface area contributed by atoms with Crippen molar-refractivity contribution in [3.8, 4) is 0 Å². The zero-order valence-corrected chi connectivity index (χ0v) is 12.8. The molecule has 0 amide bonds. The van der Waals surface area contributed by atoms with Gasteiger partial charge in [0.2, 0.25) is 0 Å². The van der Waals surface area contributed by atoms with Crippen LogP contribution in [0.5, 0.6) is 0 Å². The fraction of sp³-hybridized carbons (Fsp3) is 1.00. The minimum Gasteiger partial charge on any atom is -0.374 e. The lowest BCUT2D eigenvalue weighted by molar-refractivity contribution is -0.0869. The Morgan fingerprint density at radius 2 is 2.28 bits per heavy atom. The molecule has 18 heavy (non-hydrogen) atoms. The molecule has 1 spiro atoms. The summed E-state index contributed by atoms with van der Waals surface area (Å²) in [5.41, 5.74) is 3.57. The zero-order valence-electron chi connectivity index (χ0n) is 12.0. The van der Waals surface area contributed by atoms with Gasteiger partial charge in [-0.2, -0.15) is 11.8 Å². The van der Waals surface area contributed by atoms with E-state index < -0.39 is 0 Å². The van der Waals surface area contributed by atoms with E-state index >= 15 is 0 Å². The van der Waals surface area contributed by atoms with Crippen LogP contribution in [0, 0.1) is 11.3 Å². The Balaban J connectivity index is 1.98. The van der Waals surface area contributed by atoms with E-state index in [1.807, 2.05) is 11.8 Å². The van der Waals surface area contributed by atoms with Gasteiger partial charge in [0.05, 0.1) is 5.60 Å². The molecule has 3 N–H and O–H groups in total. The Hall–Kier alpha value is 0.230. The molecule has 2 aliphatic heterocycles. The van der Waals surface area contributed by atoms with Gasteiger partial charge in [-0.1, -0.05) is 20.8 Å². The van der Waals surface area contributed by atoms with Crippen LogP contribution in [0.15, 0.2) is 0 Å². The van der Waals surface area contributed by atoms with Crippen molar-refractivity contribution >= 4 is 11.8 Å². The third-order valence-corrected chi connectivity index (χ3v) is 5.44. The second kappa shape index (κ2) is 5.70. The largest absolute Gasteiger partial charge is 0.374 e. The Morgan fingerprint density at radius 1 is 1.50 bits per heavy atom. The van der Waals surface area contributed by atoms with Gasteiger partial charge >= 0.3 is 0 Å². The quantitative estimate of drug-likeness (QED) is 0.612. The van der Waals surface area contributed by atoms with Gasteiger partial charge < -0.3 is 4.74 Å². The molecule has 106 valence electrons. The lowest BCUT2D eigenvalue weighted by Crippen LogP contribution is -2.50. The Bertz CT molecular complexity index is 271. The fourth-order valence-electron chi connectivity index (χ4n) is 3.29. The highest BCUT2D eigenvalue weighted by atomic mass is 32.2. The first-order valence-corrected chi connectivity index (χ1v) is 8.27. The summed E-state index contributed by atoms with van der Waals surface area (Å²) in [5, 5.41) is 0. The van der Waals surface area contributed by atoms with E-state index in [-0.39, 0.29) is 5.60 Å². The fourth-order valence-corrected chi connectivity index (χ4v) is 4.67. The van der Waals surface area contributed by atoms with Crippen LogP contribution in [0.2, 0.25) is 0 Å². The first-order valence-electron chi connectivity index (χ1n) is 7.12. The van der Waals surface area contributed by atoms with Gasteiger partial charge in [0.25, 0.3) is 0 Å². The second-order valence-corrected chi connectivity index (χ2v) is 8.23. The molecule has 0 aromatic heterocycles. The van der Waals surface area contributed by atoms with Crippen molar-refractivity contribution in [1.29, 1.82) is 0 Å². The number of nitrogens with one attached hydrogen (secondary N) is 1. The molecule has 0 aromatic rings. The molecule has 2 heterocycles. The number of hydrazine groups is 1. The van der Waals surface area contributed by atoms with Gasteiger partial charge in [0, 0.05) is 18.4 Å². The van der Waals surface area contributed by atoms with E-state index in [0.717, 1.165) is 19.4 Å². The lowest BCUT2D eigenvalue weighted by atomic mass is 9.76. The summed E-state index contributed by atoms with van der Waals surface area (Å²) < 4.78 is 6.09. The molecular formula is C14H28N2OS. The van der Waals surface area contributed by atoms with Crippen molar-refractivity contribution in [1.82, 2.24) is 5.43 Å². The SMILES string of the molecule is CC(C)(C)CC(NN)C1CCOC2(CCSC2)C1. The number of hydrogen-bond donors (Lipinski definition) is 2. The van der Waals surface area contributed by atoms with Gasteiger partial charge in [-0.25, -0.2) is 0 Å². The first kappa shape index (κ1) is 14.6. The molecule has 2 saturated heterocycles. The molecular weight excluding hydrogens is 244 g/mol. The van der Waals surface area contributed by atoms with Gasteiger partial charge in [-0.15, -0.1) is 0 Å². The highest BCUT2D eigenvalue weighted by Gasteiger charge is 2.42. The maximum atomic E-state index is 6.09. The van der Waals surface area contributed by atoms with Crippen LogP contribution in [0.1, 0.15) is 46.5 Å². The highest BCUT2D eigenvalue weighted by molar-refractivity contribution is 7.99. The summed E-state index contributed by atoms with van der Waals surface area (Å²) in [6.45, 7) is 7.78. The number of nitrogens with two attached hydrogens (primary N) is 1. The van der Waals surface area contributed by atoms with Crippen molar-refractivity contribution in [2.24, 2.45) is 17.2 Å². The van der Waals surface area contributed by atoms with E-state index in [2.05, 4.69) is 26.2 Å². The van der Waals surface area contributed by atoms with Crippen LogP contribution in [0.25, 0.3) is 0 Å². The molecule has 0 aromatic carbocycles. The molecule has 0 saturated carbocycles. The van der Waals surface area contributed by atoms with Gasteiger partial charge in [-0.3, -0.25) is 11.3 Å². The number of rotatable bonds is 3. The van der Waals surface area contributed by atoms with Crippen LogP contribution >= 0.6 is 11.8 Å². The average Bonchev–Trinajstić information content (AvgIpc) is 2.73. The Kier molecular flexibility index (Phi) is 4.63. The van der Waals surface area contributed by atoms with Gasteiger partial charge in [0.15, 0.2) is 0 Å². The topological polar surface area (TPSA) is 47.3 Å². The van der Waals surface area contributed by atoms with E-state index in [1.54, 1.807) is 0 Å². The third-order valence-electron chi connectivity index (χ3n) is 4.21. The number of hydrogen-bond acceptors (Lipinski definition) is 4. The van der Waals surface area contributed by atoms with Gasteiger partial charge in [-0.05, 0) is 42.8 Å². The molecule has 3 unspecified atom stereocenters. The molecule has 2 fully saturated rings. The van der Waals surface area contributed by atoms with E-state index in [0.29, 0.717) is 17.4 Å². The molecule has 3 nitrogen and oxygen atoms in total. The molecule has 3 atom stereocenters. The summed E-state index contributed by atoms with van der Waals surface area (Å²) in [4.78, 5) is 0. The summed E-state index contributed by atoms with van der Waals surface area (Å²) in [6, 6.07) is 0.427. The van der Waals surface area contributed by atoms with E-state index in [1.165, 1.54) is 24.3 Å².